The highest BCUT2D eigenvalue weighted by Crippen LogP contribution is 2.33. The zero-order chi connectivity index (χ0) is 14.8. The Balaban J connectivity index is 1.56. The molecule has 1 saturated heterocycles. The quantitative estimate of drug-likeness (QED) is 0.921. The van der Waals surface area contributed by atoms with Crippen LogP contribution in [0.2, 0.25) is 0 Å². The van der Waals surface area contributed by atoms with Gasteiger partial charge in [0, 0.05) is 49.3 Å². The van der Waals surface area contributed by atoms with Crippen molar-refractivity contribution in [3.63, 3.8) is 0 Å². The Kier molecular flexibility index (Phi) is 4.37. The van der Waals surface area contributed by atoms with Crippen molar-refractivity contribution in [2.75, 3.05) is 13.2 Å². The Hall–Kier alpha value is -1.24. The Morgan fingerprint density at radius 3 is 3.00 bits per heavy atom. The average Bonchev–Trinajstić information content (AvgIpc) is 3.11. The van der Waals surface area contributed by atoms with Crippen LogP contribution in [0.3, 0.4) is 0 Å². The molecule has 21 heavy (non-hydrogen) atoms. The van der Waals surface area contributed by atoms with E-state index in [-0.39, 0.29) is 6.10 Å². The second kappa shape index (κ2) is 6.25. The second-order valence-electron chi connectivity index (χ2n) is 5.66. The molecular weight excluding hydrogens is 284 g/mol. The van der Waals surface area contributed by atoms with E-state index >= 15 is 0 Å². The van der Waals surface area contributed by atoms with Gasteiger partial charge in [-0.15, -0.1) is 11.3 Å². The van der Waals surface area contributed by atoms with Crippen molar-refractivity contribution in [3.05, 3.63) is 33.5 Å². The lowest BCUT2D eigenvalue weighted by Crippen LogP contribution is -2.24. The van der Waals surface area contributed by atoms with Crippen molar-refractivity contribution in [3.8, 4) is 0 Å². The molecule has 0 saturated carbocycles. The van der Waals surface area contributed by atoms with Gasteiger partial charge in [0.05, 0.1) is 23.0 Å². The third-order valence-electron chi connectivity index (χ3n) is 3.96. The molecule has 0 aromatic carbocycles. The molecule has 0 spiro atoms. The summed E-state index contributed by atoms with van der Waals surface area (Å²) in [5.41, 5.74) is 2.34. The van der Waals surface area contributed by atoms with Crippen molar-refractivity contribution < 1.29 is 4.74 Å². The summed E-state index contributed by atoms with van der Waals surface area (Å²) in [7, 11) is 1.95. The minimum absolute atomic E-state index is 0.176. The lowest BCUT2D eigenvalue weighted by atomic mass is 9.97. The van der Waals surface area contributed by atoms with Gasteiger partial charge in [0.15, 0.2) is 0 Å². The summed E-state index contributed by atoms with van der Waals surface area (Å²) in [6.45, 7) is 6.84. The molecule has 114 valence electrons. The van der Waals surface area contributed by atoms with Crippen LogP contribution in [-0.4, -0.2) is 27.9 Å². The maximum atomic E-state index is 5.89. The topological polar surface area (TPSA) is 52.0 Å². The van der Waals surface area contributed by atoms with E-state index in [2.05, 4.69) is 35.4 Å². The molecule has 2 atom stereocenters. The number of aromatic nitrogens is 3. The SMILES string of the molecule is Cc1nc(C)c(CNC[C@H]2CCO[C@H]2c2cnn(C)c2)s1. The molecule has 2 aromatic rings. The van der Waals surface area contributed by atoms with Crippen molar-refractivity contribution >= 4 is 11.3 Å². The average molecular weight is 306 g/mol. The van der Waals surface area contributed by atoms with Crippen LogP contribution in [0.5, 0.6) is 0 Å². The molecular formula is C15H22N4OS. The molecule has 0 radical (unpaired) electrons. The minimum Gasteiger partial charge on any atom is -0.373 e. The molecule has 1 fully saturated rings. The Labute approximate surface area is 129 Å². The number of aryl methyl sites for hydroxylation is 3. The van der Waals surface area contributed by atoms with E-state index in [0.717, 1.165) is 36.8 Å². The Bertz CT molecular complexity index is 607. The molecule has 2 aromatic heterocycles. The van der Waals surface area contributed by atoms with Gasteiger partial charge in [-0.3, -0.25) is 4.68 Å². The highest BCUT2D eigenvalue weighted by atomic mass is 32.1. The Morgan fingerprint density at radius 2 is 2.33 bits per heavy atom. The predicted molar refractivity (Wildman–Crippen MR) is 83.3 cm³/mol. The zero-order valence-electron chi connectivity index (χ0n) is 12.8. The largest absolute Gasteiger partial charge is 0.373 e. The van der Waals surface area contributed by atoms with Gasteiger partial charge < -0.3 is 10.1 Å². The molecule has 0 bridgehead atoms. The maximum absolute atomic E-state index is 5.89. The summed E-state index contributed by atoms with van der Waals surface area (Å²) < 4.78 is 7.73. The number of hydrogen-bond donors (Lipinski definition) is 1. The standard InChI is InChI=1S/C15H22N4OS/c1-10-14(21-11(2)18-10)8-16-6-12-4-5-20-15(12)13-7-17-19(3)9-13/h7,9,12,15-16H,4-6,8H2,1-3H3/t12-,15-/m1/s1. The number of rotatable bonds is 5. The van der Waals surface area contributed by atoms with Crippen molar-refractivity contribution in [2.45, 2.75) is 32.9 Å². The van der Waals surface area contributed by atoms with Gasteiger partial charge in [-0.2, -0.15) is 5.10 Å². The predicted octanol–water partition coefficient (Wildman–Crippen LogP) is 2.36. The number of hydrogen-bond acceptors (Lipinski definition) is 5. The lowest BCUT2D eigenvalue weighted by molar-refractivity contribution is 0.0904. The first kappa shape index (κ1) is 14.7. The molecule has 1 aliphatic rings. The monoisotopic (exact) mass is 306 g/mol. The van der Waals surface area contributed by atoms with Gasteiger partial charge >= 0.3 is 0 Å². The van der Waals surface area contributed by atoms with E-state index in [1.807, 2.05) is 17.9 Å². The van der Waals surface area contributed by atoms with Gasteiger partial charge in [0.1, 0.15) is 0 Å². The summed E-state index contributed by atoms with van der Waals surface area (Å²) >= 11 is 1.78. The van der Waals surface area contributed by atoms with Gasteiger partial charge in [-0.1, -0.05) is 0 Å². The highest BCUT2D eigenvalue weighted by molar-refractivity contribution is 7.11. The third kappa shape index (κ3) is 3.33. The molecule has 1 N–H and O–H groups in total. The van der Waals surface area contributed by atoms with Gasteiger partial charge in [-0.05, 0) is 20.3 Å². The van der Waals surface area contributed by atoms with Crippen LogP contribution in [-0.2, 0) is 18.3 Å². The van der Waals surface area contributed by atoms with Crippen LogP contribution in [0.4, 0.5) is 0 Å². The molecule has 0 amide bonds. The molecule has 5 nitrogen and oxygen atoms in total. The molecule has 3 rings (SSSR count). The van der Waals surface area contributed by atoms with Gasteiger partial charge in [0.2, 0.25) is 0 Å². The molecule has 0 aliphatic carbocycles. The van der Waals surface area contributed by atoms with E-state index in [4.69, 9.17) is 4.74 Å². The molecule has 3 heterocycles. The van der Waals surface area contributed by atoms with Crippen molar-refractivity contribution in [2.24, 2.45) is 13.0 Å². The second-order valence-corrected chi connectivity index (χ2v) is 6.95. The molecule has 0 unspecified atom stereocenters. The first-order chi connectivity index (χ1) is 10.1. The number of ether oxygens (including phenoxy) is 1. The zero-order valence-corrected chi connectivity index (χ0v) is 13.6. The maximum Gasteiger partial charge on any atom is 0.0900 e. The van der Waals surface area contributed by atoms with Gasteiger partial charge in [-0.25, -0.2) is 4.98 Å². The minimum atomic E-state index is 0.176. The summed E-state index contributed by atoms with van der Waals surface area (Å²) in [5.74, 6) is 0.517. The summed E-state index contributed by atoms with van der Waals surface area (Å²) in [4.78, 5) is 5.81. The summed E-state index contributed by atoms with van der Waals surface area (Å²) in [5, 5.41) is 8.96. The lowest BCUT2D eigenvalue weighted by Gasteiger charge is -2.17. The smallest absolute Gasteiger partial charge is 0.0900 e. The van der Waals surface area contributed by atoms with E-state index in [1.165, 1.54) is 10.4 Å². The fourth-order valence-electron chi connectivity index (χ4n) is 2.91. The van der Waals surface area contributed by atoms with Crippen LogP contribution in [0, 0.1) is 19.8 Å². The van der Waals surface area contributed by atoms with E-state index < -0.39 is 0 Å². The number of nitrogens with one attached hydrogen (secondary N) is 1. The van der Waals surface area contributed by atoms with E-state index in [1.54, 1.807) is 11.3 Å². The van der Waals surface area contributed by atoms with E-state index in [0.29, 0.717) is 5.92 Å². The first-order valence-electron chi connectivity index (χ1n) is 7.37. The normalized spacial score (nSPS) is 22.0. The summed E-state index contributed by atoms with van der Waals surface area (Å²) in [6, 6.07) is 0. The van der Waals surface area contributed by atoms with Crippen LogP contribution in [0.1, 0.15) is 33.7 Å². The van der Waals surface area contributed by atoms with Gasteiger partial charge in [0.25, 0.3) is 0 Å². The highest BCUT2D eigenvalue weighted by Gasteiger charge is 2.30. The third-order valence-corrected chi connectivity index (χ3v) is 5.03. The van der Waals surface area contributed by atoms with Crippen LogP contribution in [0.15, 0.2) is 12.4 Å². The Morgan fingerprint density at radius 1 is 1.48 bits per heavy atom. The first-order valence-corrected chi connectivity index (χ1v) is 8.19. The van der Waals surface area contributed by atoms with Crippen LogP contribution >= 0.6 is 11.3 Å². The summed E-state index contributed by atoms with van der Waals surface area (Å²) in [6.07, 6.45) is 5.25. The van der Waals surface area contributed by atoms with Crippen molar-refractivity contribution in [1.82, 2.24) is 20.1 Å². The number of thiazole rings is 1. The molecule has 1 aliphatic heterocycles. The van der Waals surface area contributed by atoms with Crippen LogP contribution < -0.4 is 5.32 Å². The van der Waals surface area contributed by atoms with Crippen molar-refractivity contribution in [1.29, 1.82) is 0 Å². The molecule has 6 heteroatoms. The van der Waals surface area contributed by atoms with E-state index in [9.17, 15) is 0 Å². The van der Waals surface area contributed by atoms with Crippen LogP contribution in [0.25, 0.3) is 0 Å². The number of nitrogens with zero attached hydrogens (tertiary/aromatic N) is 3. The fraction of sp³-hybridized carbons (Fsp3) is 0.600. The fourth-order valence-corrected chi connectivity index (χ4v) is 3.81.